The standard InChI is InChI=1S/C31H36IN4O2.CH3.U/c1-20-16-21(2)35-31(38)28(20)19-34-30(37)27-18-26-17-25(24-8-6-5-7-9-24)10-11-32(26)29(22(27)3)23(4)36-14-12-33-13-15-36;;/h6-10,16-18,23,33H,11-15,19H2,1-4H3,(H,34,37)(H,35,38);1H3;/q2*-1;+2. The number of halogens is 1. The zero-order chi connectivity index (χ0) is 26.8. The molecule has 1 unspecified atom stereocenters. The smallest absolute Gasteiger partial charge is 0.358 e. The maximum Gasteiger partial charge on any atom is 2.00 e. The number of pyridine rings is 1. The molecule has 210 valence electrons. The van der Waals surface area contributed by atoms with Gasteiger partial charge in [-0.1, -0.05) is 0 Å². The molecule has 4 heterocycles. The summed E-state index contributed by atoms with van der Waals surface area (Å²) in [6, 6.07) is 13.4. The fourth-order valence-corrected chi connectivity index (χ4v) is 12.2. The number of benzene rings is 1. The van der Waals surface area contributed by atoms with Crippen LogP contribution in [0.25, 0.3) is 5.57 Å². The number of aryl methyl sites for hydroxylation is 2. The number of rotatable bonds is 6. The van der Waals surface area contributed by atoms with Crippen molar-refractivity contribution in [2.45, 2.75) is 40.3 Å². The quantitative estimate of drug-likeness (QED) is 0.221. The molecule has 0 aliphatic carbocycles. The van der Waals surface area contributed by atoms with Crippen molar-refractivity contribution in [3.05, 3.63) is 113 Å². The number of H-pyrrole nitrogens is 1. The molecule has 0 bridgehead atoms. The molecule has 5 rings (SSSR count). The monoisotopic (exact) mass is 876 g/mol. The first-order valence-electron chi connectivity index (χ1n) is 13.2. The van der Waals surface area contributed by atoms with Crippen LogP contribution in [0.3, 0.4) is 0 Å². The fraction of sp³-hybridized carbons (Fsp3) is 0.344. The zero-order valence-corrected chi connectivity index (χ0v) is 30.4. The Bertz CT molecular complexity index is 1420. The maximum atomic E-state index is 13.7. The SMILES string of the molecule is CC1=C(C(C)N2CCNCC2)I2CC=C(c3cc[c-]cc3)C=C2C=C1C(=O)NCc1c(C)cc(C)[nH]c1=O.[CH3-].[U+2]. The van der Waals surface area contributed by atoms with Gasteiger partial charge < -0.3 is 7.43 Å². The molecule has 0 radical (unpaired) electrons. The van der Waals surface area contributed by atoms with Crippen molar-refractivity contribution in [1.29, 1.82) is 0 Å². The second kappa shape index (κ2) is 14.5. The number of aromatic amines is 1. The number of piperazine rings is 1. The normalized spacial score (nSPS) is 18.8. The van der Waals surface area contributed by atoms with Crippen molar-refractivity contribution in [1.82, 2.24) is 20.5 Å². The summed E-state index contributed by atoms with van der Waals surface area (Å²) in [6.07, 6.45) is 6.84. The van der Waals surface area contributed by atoms with Gasteiger partial charge in [-0.3, -0.25) is 0 Å². The third-order valence-corrected chi connectivity index (χ3v) is 14.1. The van der Waals surface area contributed by atoms with Crippen LogP contribution < -0.4 is 16.2 Å². The predicted molar refractivity (Wildman–Crippen MR) is 170 cm³/mol. The zero-order valence-electron chi connectivity index (χ0n) is 24.1. The summed E-state index contributed by atoms with van der Waals surface area (Å²) in [6.45, 7) is 12.5. The second-order valence-corrected chi connectivity index (χ2v) is 15.5. The van der Waals surface area contributed by atoms with Gasteiger partial charge in [-0.25, -0.2) is 0 Å². The van der Waals surface area contributed by atoms with Crippen LogP contribution in [-0.2, 0) is 11.3 Å². The molecule has 1 aromatic carbocycles. The van der Waals surface area contributed by atoms with E-state index in [0.717, 1.165) is 53.0 Å². The number of nitrogens with zero attached hydrogens (tertiary/aromatic N) is 1. The minimum absolute atomic E-state index is 0. The van der Waals surface area contributed by atoms with E-state index in [9.17, 15) is 9.59 Å². The van der Waals surface area contributed by atoms with Gasteiger partial charge in [0.15, 0.2) is 0 Å². The fourth-order valence-electron chi connectivity index (χ4n) is 5.49. The van der Waals surface area contributed by atoms with Crippen LogP contribution in [0.1, 0.15) is 36.2 Å². The molecule has 1 fully saturated rings. The van der Waals surface area contributed by atoms with Crippen molar-refractivity contribution in [2.24, 2.45) is 0 Å². The van der Waals surface area contributed by atoms with Crippen molar-refractivity contribution in [3.63, 3.8) is 0 Å². The Morgan fingerprint density at radius 2 is 1.85 bits per heavy atom. The van der Waals surface area contributed by atoms with E-state index >= 15 is 0 Å². The van der Waals surface area contributed by atoms with Gasteiger partial charge in [0.05, 0.1) is 0 Å². The number of fused-ring (bicyclic) bond motifs is 1. The largest absolute Gasteiger partial charge is 2.00 e. The molecule has 0 saturated carbocycles. The molecule has 1 aromatic heterocycles. The van der Waals surface area contributed by atoms with Gasteiger partial charge in [-0.2, -0.15) is 0 Å². The van der Waals surface area contributed by atoms with Gasteiger partial charge in [0.25, 0.3) is 0 Å². The molecular formula is C32H39IN4O2U. The summed E-state index contributed by atoms with van der Waals surface area (Å²) in [5.74, 6) is -0.117. The van der Waals surface area contributed by atoms with Crippen LogP contribution in [0.5, 0.6) is 0 Å². The summed E-state index contributed by atoms with van der Waals surface area (Å²) < 4.78 is 3.88. The number of nitrogens with one attached hydrogen (secondary N) is 3. The van der Waals surface area contributed by atoms with E-state index in [-0.39, 0.29) is 56.6 Å². The van der Waals surface area contributed by atoms with E-state index in [4.69, 9.17) is 0 Å². The Kier molecular flexibility index (Phi) is 11.9. The molecule has 1 atom stereocenters. The predicted octanol–water partition coefficient (Wildman–Crippen LogP) is 4.85. The van der Waals surface area contributed by atoms with Crippen LogP contribution in [0.2, 0.25) is 0 Å². The van der Waals surface area contributed by atoms with Crippen molar-refractivity contribution in [2.75, 3.05) is 30.6 Å². The van der Waals surface area contributed by atoms with Gasteiger partial charge in [0, 0.05) is 0 Å². The first kappa shape index (κ1) is 32.8. The minimum atomic E-state index is -1.72. The third kappa shape index (κ3) is 7.02. The molecule has 3 aliphatic heterocycles. The average Bonchev–Trinajstić information content (AvgIpc) is 2.92. The van der Waals surface area contributed by atoms with E-state index in [1.807, 2.05) is 32.0 Å². The number of amides is 1. The number of alkyl halides is 1. The van der Waals surface area contributed by atoms with Gasteiger partial charge in [-0.05, 0) is 0 Å². The van der Waals surface area contributed by atoms with Crippen LogP contribution in [0.15, 0.2) is 71.7 Å². The van der Waals surface area contributed by atoms with E-state index in [1.54, 1.807) is 0 Å². The molecule has 6 nitrogen and oxygen atoms in total. The van der Waals surface area contributed by atoms with Crippen LogP contribution >= 0.6 is 19.8 Å². The van der Waals surface area contributed by atoms with Crippen molar-refractivity contribution < 1.29 is 35.9 Å². The van der Waals surface area contributed by atoms with Crippen LogP contribution in [-0.4, -0.2) is 52.4 Å². The summed E-state index contributed by atoms with van der Waals surface area (Å²) >= 11 is -1.72. The molecule has 1 amide bonds. The van der Waals surface area contributed by atoms with E-state index in [0.29, 0.717) is 11.6 Å². The summed E-state index contributed by atoms with van der Waals surface area (Å²) in [5.41, 5.74) is 6.43. The van der Waals surface area contributed by atoms with Crippen LogP contribution in [0.4, 0.5) is 0 Å². The second-order valence-electron chi connectivity index (χ2n) is 10.1. The Morgan fingerprint density at radius 1 is 1.15 bits per heavy atom. The van der Waals surface area contributed by atoms with Gasteiger partial charge >= 0.3 is 264 Å². The summed E-state index contributed by atoms with van der Waals surface area (Å²) in [4.78, 5) is 31.6. The number of allylic oxidation sites excluding steroid dienone is 5. The summed E-state index contributed by atoms with van der Waals surface area (Å²) in [5, 5.41) is 6.53. The number of carbonyl (C=O) groups is 1. The van der Waals surface area contributed by atoms with Gasteiger partial charge in [0.2, 0.25) is 0 Å². The maximum absolute atomic E-state index is 13.7. The number of aromatic nitrogens is 1. The third-order valence-electron chi connectivity index (χ3n) is 7.58. The first-order valence-corrected chi connectivity index (χ1v) is 16.9. The summed E-state index contributed by atoms with van der Waals surface area (Å²) in [7, 11) is 0. The number of hydrogen-bond donors (Lipinski definition) is 3. The molecule has 3 aliphatic rings. The van der Waals surface area contributed by atoms with E-state index in [2.05, 4.69) is 70.8 Å². The number of carbonyl (C=O) groups excluding carboxylic acids is 1. The molecule has 3 N–H and O–H groups in total. The first-order chi connectivity index (χ1) is 18.3. The Morgan fingerprint density at radius 3 is 2.52 bits per heavy atom. The minimum Gasteiger partial charge on any atom is -0.358 e. The Balaban J connectivity index is 0.00000220. The van der Waals surface area contributed by atoms with E-state index < -0.39 is 19.8 Å². The van der Waals surface area contributed by atoms with Crippen LogP contribution in [0, 0.1) is 58.5 Å². The average molecular weight is 877 g/mol. The molecule has 2 aromatic rings. The Hall–Kier alpha value is -1.70. The molecule has 8 heteroatoms. The Labute approximate surface area is 269 Å². The van der Waals surface area contributed by atoms with Crippen molar-refractivity contribution in [3.8, 4) is 0 Å². The van der Waals surface area contributed by atoms with Gasteiger partial charge in [0.1, 0.15) is 0 Å². The molecule has 40 heavy (non-hydrogen) atoms. The van der Waals surface area contributed by atoms with Gasteiger partial charge in [-0.15, -0.1) is 0 Å². The van der Waals surface area contributed by atoms with Crippen molar-refractivity contribution >= 4 is 31.3 Å². The molecule has 1 saturated heterocycles. The molecule has 0 spiro atoms. The van der Waals surface area contributed by atoms with E-state index in [1.165, 1.54) is 18.3 Å². The molecular weight excluding hydrogens is 837 g/mol. The topological polar surface area (TPSA) is 77.2 Å². The number of hydrogen-bond acceptors (Lipinski definition) is 4.